The van der Waals surface area contributed by atoms with Gasteiger partial charge < -0.3 is 38.3 Å². The fourth-order valence-corrected chi connectivity index (χ4v) is 6.53. The fourth-order valence-electron chi connectivity index (χ4n) is 6.53. The maximum atomic E-state index is 14.3. The van der Waals surface area contributed by atoms with Crippen molar-refractivity contribution in [3.63, 3.8) is 0 Å². The summed E-state index contributed by atoms with van der Waals surface area (Å²) >= 11 is 0. The van der Waals surface area contributed by atoms with Crippen LogP contribution in [0.3, 0.4) is 0 Å². The van der Waals surface area contributed by atoms with Crippen LogP contribution in [0.2, 0.25) is 0 Å². The van der Waals surface area contributed by atoms with Crippen molar-refractivity contribution in [3.8, 4) is 28.7 Å². The number of hydrogen-bond acceptors (Lipinski definition) is 9. The Labute approximate surface area is 279 Å². The third kappa shape index (κ3) is 6.50. The van der Waals surface area contributed by atoms with Crippen LogP contribution in [0, 0.1) is 5.92 Å². The van der Waals surface area contributed by atoms with Gasteiger partial charge in [0.05, 0.1) is 25.6 Å². The molecule has 44 heavy (non-hydrogen) atoms. The van der Waals surface area contributed by atoms with Crippen LogP contribution >= 0.6 is 0 Å². The van der Waals surface area contributed by atoms with E-state index in [0.717, 1.165) is 48.8 Å². The van der Waals surface area contributed by atoms with E-state index in [1.165, 1.54) is 7.11 Å². The average Bonchev–Trinajstić information content (AvgIpc) is 3.77. The van der Waals surface area contributed by atoms with Crippen molar-refractivity contribution in [2.24, 2.45) is 5.92 Å². The summed E-state index contributed by atoms with van der Waals surface area (Å²) in [5, 5.41) is 11.4. The molecule has 10 heteroatoms. The standard InChI is InChI=1S/C34H36O9.Na/c1-3-14-39-23-10-11-24-26(16-23)32(25-12-9-22(38-2)17-28(25)40-18-30(35)36)33(34(37)43-21-6-4-5-7-21)31(24)20-8-13-27-29(15-20)42-19-41-27;/h8-13,15-17,21,31-33H,3-7,14,18-19H2,1-2H3,(H,35,36);/q;+1/p-1/t31-,32+,33+;/m0./s1. The van der Waals surface area contributed by atoms with Gasteiger partial charge in [-0.2, -0.15) is 0 Å². The van der Waals surface area contributed by atoms with Crippen LogP contribution in [0.1, 0.15) is 73.1 Å². The normalized spacial score (nSPS) is 20.0. The maximum absolute atomic E-state index is 14.3. The molecule has 3 aromatic rings. The number of carboxylic acids is 1. The monoisotopic (exact) mass is 610 g/mol. The van der Waals surface area contributed by atoms with Gasteiger partial charge in [0.2, 0.25) is 6.79 Å². The molecule has 9 nitrogen and oxygen atoms in total. The number of carbonyl (C=O) groups excluding carboxylic acids is 2. The van der Waals surface area contributed by atoms with Crippen molar-refractivity contribution in [1.29, 1.82) is 0 Å². The maximum Gasteiger partial charge on any atom is 1.00 e. The minimum absolute atomic E-state index is 0. The fraction of sp³-hybridized carbons (Fsp3) is 0.412. The van der Waals surface area contributed by atoms with E-state index in [1.54, 1.807) is 12.1 Å². The van der Waals surface area contributed by atoms with Crippen molar-refractivity contribution in [2.45, 2.75) is 57.0 Å². The quantitative estimate of drug-likeness (QED) is 0.237. The minimum Gasteiger partial charge on any atom is -0.546 e. The Balaban J connectivity index is 0.00000384. The molecule has 6 rings (SSSR count). The molecule has 0 radical (unpaired) electrons. The number of benzene rings is 3. The SMILES string of the molecule is CCCOc1ccc2c(c1)[C@@H](c1ccc(OC)cc1OCC(=O)[O-])[C@H](C(=O)OC1CCCC1)[C@H]2c1ccc2c(c1)OCO2.[Na+]. The summed E-state index contributed by atoms with van der Waals surface area (Å²) in [6, 6.07) is 16.9. The van der Waals surface area contributed by atoms with E-state index in [9.17, 15) is 14.7 Å². The summed E-state index contributed by atoms with van der Waals surface area (Å²) in [5.74, 6) is -0.527. The number of ether oxygens (including phenoxy) is 6. The zero-order chi connectivity index (χ0) is 29.9. The Hall–Kier alpha value is -3.40. The van der Waals surface area contributed by atoms with Gasteiger partial charge >= 0.3 is 35.5 Å². The van der Waals surface area contributed by atoms with E-state index in [1.807, 2.05) is 49.4 Å². The van der Waals surface area contributed by atoms with Gasteiger partial charge in [-0.25, -0.2) is 0 Å². The van der Waals surface area contributed by atoms with E-state index < -0.39 is 24.4 Å². The summed E-state index contributed by atoms with van der Waals surface area (Å²) in [6.45, 7) is 2.07. The predicted molar refractivity (Wildman–Crippen MR) is 154 cm³/mol. The van der Waals surface area contributed by atoms with Gasteiger partial charge in [0.1, 0.15) is 30.0 Å². The second-order valence-corrected chi connectivity index (χ2v) is 11.1. The van der Waals surface area contributed by atoms with E-state index in [0.29, 0.717) is 40.9 Å². The second-order valence-electron chi connectivity index (χ2n) is 11.1. The second kappa shape index (κ2) is 14.1. The molecule has 0 N–H and O–H groups in total. The van der Waals surface area contributed by atoms with Crippen LogP contribution in [0.4, 0.5) is 0 Å². The van der Waals surface area contributed by atoms with Crippen LogP contribution in [-0.4, -0.2) is 45.2 Å². The zero-order valence-corrected chi connectivity index (χ0v) is 27.3. The molecule has 1 fully saturated rings. The summed E-state index contributed by atoms with van der Waals surface area (Å²) in [5.41, 5.74) is 3.36. The molecule has 2 aliphatic carbocycles. The number of carboxylic acid groups (broad SMARTS) is 1. The van der Waals surface area contributed by atoms with Crippen molar-refractivity contribution >= 4 is 11.9 Å². The number of rotatable bonds is 11. The van der Waals surface area contributed by atoms with Gasteiger partial charge in [0.25, 0.3) is 0 Å². The molecule has 0 amide bonds. The molecule has 1 saturated carbocycles. The van der Waals surface area contributed by atoms with E-state index in [-0.39, 0.29) is 54.3 Å². The molecular formula is C34H35NaO9. The Bertz CT molecular complexity index is 1500. The Morgan fingerprint density at radius 1 is 0.864 bits per heavy atom. The summed E-state index contributed by atoms with van der Waals surface area (Å²) < 4.78 is 34.7. The first kappa shape index (κ1) is 32.0. The summed E-state index contributed by atoms with van der Waals surface area (Å²) in [4.78, 5) is 25.8. The van der Waals surface area contributed by atoms with Gasteiger partial charge in [0.15, 0.2) is 11.5 Å². The first-order valence-electron chi connectivity index (χ1n) is 14.8. The van der Waals surface area contributed by atoms with Gasteiger partial charge in [-0.05, 0) is 79.1 Å². The molecule has 1 heterocycles. The molecule has 0 spiro atoms. The van der Waals surface area contributed by atoms with Gasteiger partial charge in [-0.3, -0.25) is 4.79 Å². The molecule has 226 valence electrons. The molecule has 0 saturated heterocycles. The van der Waals surface area contributed by atoms with Crippen LogP contribution in [0.15, 0.2) is 54.6 Å². The summed E-state index contributed by atoms with van der Waals surface area (Å²) in [6.07, 6.45) is 4.43. The van der Waals surface area contributed by atoms with Gasteiger partial charge in [-0.15, -0.1) is 0 Å². The van der Waals surface area contributed by atoms with E-state index in [2.05, 4.69) is 0 Å². The predicted octanol–water partition coefficient (Wildman–Crippen LogP) is 1.72. The molecule has 3 aromatic carbocycles. The Morgan fingerprint density at radius 2 is 1.61 bits per heavy atom. The number of methoxy groups -OCH3 is 1. The van der Waals surface area contributed by atoms with Crippen LogP contribution < -0.4 is 58.3 Å². The van der Waals surface area contributed by atoms with Crippen LogP contribution in [0.25, 0.3) is 0 Å². The third-order valence-electron chi connectivity index (χ3n) is 8.43. The first-order valence-corrected chi connectivity index (χ1v) is 14.8. The molecule has 3 aliphatic rings. The molecule has 1 aliphatic heterocycles. The Morgan fingerprint density at radius 3 is 2.36 bits per heavy atom. The number of hydrogen-bond donors (Lipinski definition) is 0. The van der Waals surface area contributed by atoms with E-state index >= 15 is 0 Å². The Kier molecular flexibility index (Phi) is 10.3. The van der Waals surface area contributed by atoms with Crippen molar-refractivity contribution < 1.29 is 72.7 Å². The number of aliphatic carboxylic acids is 1. The summed E-state index contributed by atoms with van der Waals surface area (Å²) in [7, 11) is 1.52. The third-order valence-corrected chi connectivity index (χ3v) is 8.43. The molecule has 3 atom stereocenters. The number of esters is 1. The molecule has 0 unspecified atom stereocenters. The minimum atomic E-state index is -1.36. The zero-order valence-electron chi connectivity index (χ0n) is 25.3. The van der Waals surface area contributed by atoms with Crippen molar-refractivity contribution in [3.05, 3.63) is 76.9 Å². The van der Waals surface area contributed by atoms with Gasteiger partial charge in [0, 0.05) is 23.5 Å². The largest absolute Gasteiger partial charge is 1.00 e. The van der Waals surface area contributed by atoms with Crippen LogP contribution in [0.5, 0.6) is 28.7 Å². The topological polar surface area (TPSA) is 113 Å². The number of fused-ring (bicyclic) bond motifs is 2. The first-order chi connectivity index (χ1) is 21.0. The molecule has 0 aromatic heterocycles. The van der Waals surface area contributed by atoms with Crippen LogP contribution in [-0.2, 0) is 14.3 Å². The van der Waals surface area contributed by atoms with E-state index in [4.69, 9.17) is 28.4 Å². The molecular weight excluding hydrogens is 575 g/mol. The number of carbonyl (C=O) groups is 2. The average molecular weight is 611 g/mol. The van der Waals surface area contributed by atoms with Crippen molar-refractivity contribution in [1.82, 2.24) is 0 Å². The van der Waals surface area contributed by atoms with Crippen molar-refractivity contribution in [2.75, 3.05) is 27.1 Å². The molecule has 0 bridgehead atoms. The smallest absolute Gasteiger partial charge is 0.546 e. The van der Waals surface area contributed by atoms with Gasteiger partial charge in [-0.1, -0.05) is 25.1 Å².